The molecule has 0 aliphatic carbocycles. The van der Waals surface area contributed by atoms with E-state index in [0.717, 1.165) is 16.6 Å². The van der Waals surface area contributed by atoms with Crippen molar-refractivity contribution < 1.29 is 14.3 Å². The smallest absolute Gasteiger partial charge is 0.410 e. The molecule has 1 N–H and O–H groups in total. The van der Waals surface area contributed by atoms with Crippen molar-refractivity contribution in [3.8, 4) is 5.69 Å². The zero-order valence-electron chi connectivity index (χ0n) is 19.8. The van der Waals surface area contributed by atoms with E-state index in [1.54, 1.807) is 11.0 Å². The predicted octanol–water partition coefficient (Wildman–Crippen LogP) is 3.47. The molecule has 8 nitrogen and oxygen atoms in total. The van der Waals surface area contributed by atoms with Gasteiger partial charge in [0.1, 0.15) is 18.3 Å². The lowest BCUT2D eigenvalue weighted by Gasteiger charge is -2.37. The lowest BCUT2D eigenvalue weighted by molar-refractivity contribution is -0.0318. The van der Waals surface area contributed by atoms with Gasteiger partial charge in [-0.1, -0.05) is 19.6 Å². The maximum atomic E-state index is 12.9. The van der Waals surface area contributed by atoms with Crippen LogP contribution in [-0.2, 0) is 15.9 Å². The van der Waals surface area contributed by atoms with E-state index < -0.39 is 13.7 Å². The van der Waals surface area contributed by atoms with Gasteiger partial charge < -0.3 is 19.4 Å². The molecule has 1 fully saturated rings. The number of aromatic amines is 1. The van der Waals surface area contributed by atoms with Gasteiger partial charge in [-0.25, -0.2) is 14.5 Å². The molecule has 1 aromatic carbocycles. The van der Waals surface area contributed by atoms with Crippen molar-refractivity contribution in [2.24, 2.45) is 0 Å². The predicted molar refractivity (Wildman–Crippen MR) is 127 cm³/mol. The minimum atomic E-state index is -1.68. The number of rotatable bonds is 4. The van der Waals surface area contributed by atoms with Crippen LogP contribution in [0.15, 0.2) is 30.9 Å². The molecule has 4 rings (SSSR count). The Morgan fingerprint density at radius 2 is 2.09 bits per heavy atom. The van der Waals surface area contributed by atoms with Crippen LogP contribution in [0.4, 0.5) is 4.79 Å². The number of hydrogen-bond acceptors (Lipinski definition) is 5. The van der Waals surface area contributed by atoms with Gasteiger partial charge in [-0.3, -0.25) is 0 Å². The van der Waals surface area contributed by atoms with E-state index in [2.05, 4.69) is 46.8 Å². The molecule has 0 unspecified atom stereocenters. The zero-order chi connectivity index (χ0) is 23.1. The number of amides is 1. The average Bonchev–Trinajstić information content (AvgIpc) is 3.35. The van der Waals surface area contributed by atoms with Crippen LogP contribution in [0.25, 0.3) is 16.6 Å². The summed E-state index contributed by atoms with van der Waals surface area (Å²) in [5, 5.41) is 6.74. The van der Waals surface area contributed by atoms with Gasteiger partial charge in [0.25, 0.3) is 0 Å². The van der Waals surface area contributed by atoms with Crippen molar-refractivity contribution in [2.45, 2.75) is 58.5 Å². The first kappa shape index (κ1) is 22.5. The summed E-state index contributed by atoms with van der Waals surface area (Å²) >= 11 is 0. The van der Waals surface area contributed by atoms with E-state index in [1.165, 1.54) is 17.2 Å². The SMILES string of the molecule is CC(C)(C)OC(=O)N1CCOC[C@@H]1Cc1c([Si](C)(C)C)[nH]c2ccc(-n3cncn3)cc12. The van der Waals surface area contributed by atoms with Crippen LogP contribution < -0.4 is 5.32 Å². The van der Waals surface area contributed by atoms with E-state index in [1.807, 2.05) is 31.7 Å². The quantitative estimate of drug-likeness (QED) is 0.609. The van der Waals surface area contributed by atoms with Crippen molar-refractivity contribution in [3.63, 3.8) is 0 Å². The van der Waals surface area contributed by atoms with Crippen molar-refractivity contribution in [1.82, 2.24) is 24.6 Å². The number of morpholine rings is 1. The Balaban J connectivity index is 1.74. The van der Waals surface area contributed by atoms with Gasteiger partial charge in [0.15, 0.2) is 0 Å². The maximum absolute atomic E-state index is 12.9. The lowest BCUT2D eigenvalue weighted by atomic mass is 10.0. The van der Waals surface area contributed by atoms with Gasteiger partial charge in [0.05, 0.1) is 33.0 Å². The summed E-state index contributed by atoms with van der Waals surface area (Å²) in [5.41, 5.74) is 2.78. The Kier molecular flexibility index (Phi) is 5.89. The monoisotopic (exact) mass is 455 g/mol. The van der Waals surface area contributed by atoms with Crippen molar-refractivity contribution >= 4 is 30.4 Å². The van der Waals surface area contributed by atoms with Gasteiger partial charge >= 0.3 is 6.09 Å². The van der Waals surface area contributed by atoms with Crippen LogP contribution in [0.3, 0.4) is 0 Å². The molecule has 0 spiro atoms. The molecular formula is C23H33N5O3Si. The van der Waals surface area contributed by atoms with Gasteiger partial charge in [0, 0.05) is 22.8 Å². The molecule has 0 saturated carbocycles. The fraction of sp³-hybridized carbons (Fsp3) is 0.522. The summed E-state index contributed by atoms with van der Waals surface area (Å²) in [7, 11) is -1.68. The fourth-order valence-corrected chi connectivity index (χ4v) is 5.84. The number of H-pyrrole nitrogens is 1. The van der Waals surface area contributed by atoms with E-state index in [-0.39, 0.29) is 12.1 Å². The Hall–Kier alpha value is -2.65. The van der Waals surface area contributed by atoms with Gasteiger partial charge in [0.2, 0.25) is 0 Å². The molecule has 1 atom stereocenters. The van der Waals surface area contributed by atoms with Gasteiger partial charge in [-0.15, -0.1) is 0 Å². The van der Waals surface area contributed by atoms with E-state index in [9.17, 15) is 4.79 Å². The first-order valence-corrected chi connectivity index (χ1v) is 14.6. The summed E-state index contributed by atoms with van der Waals surface area (Å²) in [6.07, 6.45) is 3.67. The summed E-state index contributed by atoms with van der Waals surface area (Å²) < 4.78 is 13.2. The molecule has 3 heterocycles. The summed E-state index contributed by atoms with van der Waals surface area (Å²) in [6, 6.07) is 6.22. The number of carbonyl (C=O) groups excluding carboxylic acids is 1. The lowest BCUT2D eigenvalue weighted by Crippen LogP contribution is -2.52. The van der Waals surface area contributed by atoms with Crippen LogP contribution >= 0.6 is 0 Å². The number of hydrogen-bond donors (Lipinski definition) is 1. The Labute approximate surface area is 189 Å². The van der Waals surface area contributed by atoms with Crippen LogP contribution in [0.5, 0.6) is 0 Å². The zero-order valence-corrected chi connectivity index (χ0v) is 20.8. The molecule has 0 radical (unpaired) electrons. The second kappa shape index (κ2) is 8.36. The topological polar surface area (TPSA) is 85.3 Å². The Morgan fingerprint density at radius 1 is 1.31 bits per heavy atom. The van der Waals surface area contributed by atoms with Crippen molar-refractivity contribution in [1.29, 1.82) is 0 Å². The molecule has 172 valence electrons. The van der Waals surface area contributed by atoms with Crippen molar-refractivity contribution in [2.75, 3.05) is 19.8 Å². The molecule has 1 saturated heterocycles. The third-order valence-corrected chi connectivity index (χ3v) is 7.55. The van der Waals surface area contributed by atoms with E-state index >= 15 is 0 Å². The highest BCUT2D eigenvalue weighted by Gasteiger charge is 2.34. The third-order valence-electron chi connectivity index (χ3n) is 5.62. The average molecular weight is 456 g/mol. The van der Waals surface area contributed by atoms with Crippen LogP contribution in [0, 0.1) is 0 Å². The Morgan fingerprint density at radius 3 is 2.75 bits per heavy atom. The van der Waals surface area contributed by atoms with Crippen molar-refractivity contribution in [3.05, 3.63) is 36.4 Å². The normalized spacial score (nSPS) is 17.7. The molecule has 2 aromatic heterocycles. The molecule has 0 bridgehead atoms. The van der Waals surface area contributed by atoms with Gasteiger partial charge in [-0.2, -0.15) is 5.10 Å². The molecular weight excluding hydrogens is 422 g/mol. The Bertz CT molecular complexity index is 1100. The maximum Gasteiger partial charge on any atom is 0.410 e. The largest absolute Gasteiger partial charge is 0.444 e. The number of carbonyl (C=O) groups is 1. The first-order chi connectivity index (χ1) is 15.0. The second-order valence-corrected chi connectivity index (χ2v) is 15.4. The second-order valence-electron chi connectivity index (χ2n) is 10.4. The van der Waals surface area contributed by atoms with Crippen LogP contribution in [0.1, 0.15) is 26.3 Å². The summed E-state index contributed by atoms with van der Waals surface area (Å²) in [5.74, 6) is 0. The third kappa shape index (κ3) is 4.73. The van der Waals surface area contributed by atoms with E-state index in [0.29, 0.717) is 26.2 Å². The molecule has 32 heavy (non-hydrogen) atoms. The highest BCUT2D eigenvalue weighted by Crippen LogP contribution is 2.26. The minimum absolute atomic E-state index is 0.0808. The van der Waals surface area contributed by atoms with E-state index in [4.69, 9.17) is 9.47 Å². The number of aromatic nitrogens is 4. The highest BCUT2D eigenvalue weighted by molar-refractivity contribution is 6.88. The minimum Gasteiger partial charge on any atom is -0.444 e. The van der Waals surface area contributed by atoms with Crippen LogP contribution in [0.2, 0.25) is 19.6 Å². The van der Waals surface area contributed by atoms with Crippen LogP contribution in [-0.4, -0.2) is 70.2 Å². The number of fused-ring (bicyclic) bond motifs is 1. The number of nitrogens with one attached hydrogen (secondary N) is 1. The highest BCUT2D eigenvalue weighted by atomic mass is 28.3. The fourth-order valence-electron chi connectivity index (χ4n) is 4.19. The number of ether oxygens (including phenoxy) is 2. The number of nitrogens with zero attached hydrogens (tertiary/aromatic N) is 4. The summed E-state index contributed by atoms with van der Waals surface area (Å²) in [6.45, 7) is 14.3. The molecule has 1 aliphatic heterocycles. The summed E-state index contributed by atoms with van der Waals surface area (Å²) in [4.78, 5) is 22.5. The molecule has 3 aromatic rings. The number of benzene rings is 1. The first-order valence-electron chi connectivity index (χ1n) is 11.1. The van der Waals surface area contributed by atoms with Gasteiger partial charge in [-0.05, 0) is 51.0 Å². The molecule has 1 aliphatic rings. The molecule has 1 amide bonds. The molecule has 9 heteroatoms. The standard InChI is InChI=1S/C23H33N5O3Si/c1-23(2,3)31-22(29)27-9-10-30-13-17(27)12-19-18-11-16(28-15-24-14-25-28)7-8-20(18)26-21(19)32(4,5)6/h7-8,11,14-15,17,26H,9-10,12-13H2,1-6H3/t17-/m0/s1.